The Balaban J connectivity index is 1.44. The number of ether oxygens (including phenoxy) is 5. The summed E-state index contributed by atoms with van der Waals surface area (Å²) in [6.45, 7) is 3.80. The second kappa shape index (κ2) is 7.25. The van der Waals surface area contributed by atoms with Crippen molar-refractivity contribution in [1.29, 1.82) is 0 Å². The van der Waals surface area contributed by atoms with Gasteiger partial charge in [-0.3, -0.25) is 4.79 Å². The second-order valence-corrected chi connectivity index (χ2v) is 8.65. The van der Waals surface area contributed by atoms with Gasteiger partial charge in [-0.05, 0) is 25.0 Å². The number of fused-ring (bicyclic) bond motifs is 1. The van der Waals surface area contributed by atoms with E-state index in [-0.39, 0.29) is 19.0 Å². The number of Topliss-reactive ketones (excluding diaryl/α,β-unsaturated/α-hetero) is 1. The summed E-state index contributed by atoms with van der Waals surface area (Å²) in [5.74, 6) is -3.54. The SMILES string of the molecule is CC1(C)OC[C@]2(OC[C@H]3OC(Cc4ccccc4)(Cc4ccccc4)O[C@H]3C2=O)O1. The predicted octanol–water partition coefficient (Wildman–Crippen LogP) is 3.03. The first-order valence-corrected chi connectivity index (χ1v) is 10.3. The van der Waals surface area contributed by atoms with Crippen LogP contribution in [0.1, 0.15) is 25.0 Å². The Hall–Kier alpha value is -2.09. The van der Waals surface area contributed by atoms with Crippen molar-refractivity contribution in [2.45, 2.75) is 56.3 Å². The van der Waals surface area contributed by atoms with Crippen molar-refractivity contribution in [2.24, 2.45) is 0 Å². The second-order valence-electron chi connectivity index (χ2n) is 8.65. The van der Waals surface area contributed by atoms with Crippen molar-refractivity contribution in [2.75, 3.05) is 13.2 Å². The van der Waals surface area contributed by atoms with Crippen LogP contribution in [0.4, 0.5) is 0 Å². The molecule has 5 rings (SSSR count). The van der Waals surface area contributed by atoms with Gasteiger partial charge in [0, 0.05) is 12.8 Å². The predicted molar refractivity (Wildman–Crippen MR) is 108 cm³/mol. The molecule has 6 heteroatoms. The molecule has 0 amide bonds. The number of benzene rings is 2. The molecule has 3 atom stereocenters. The molecule has 2 aromatic rings. The van der Waals surface area contributed by atoms with Crippen molar-refractivity contribution in [1.82, 2.24) is 0 Å². The van der Waals surface area contributed by atoms with E-state index in [0.717, 1.165) is 11.1 Å². The minimum atomic E-state index is -1.43. The van der Waals surface area contributed by atoms with Gasteiger partial charge in [0.2, 0.25) is 5.78 Å². The van der Waals surface area contributed by atoms with Gasteiger partial charge >= 0.3 is 0 Å². The zero-order chi connectivity index (χ0) is 20.8. The Bertz CT molecular complexity index is 870. The monoisotopic (exact) mass is 410 g/mol. The van der Waals surface area contributed by atoms with E-state index >= 15 is 0 Å². The fourth-order valence-electron chi connectivity index (χ4n) is 4.48. The summed E-state index contributed by atoms with van der Waals surface area (Å²) in [6.07, 6.45) is -0.191. The molecule has 30 heavy (non-hydrogen) atoms. The maximum absolute atomic E-state index is 13.4. The maximum atomic E-state index is 13.4. The molecular formula is C24H26O6. The van der Waals surface area contributed by atoms with Gasteiger partial charge in [-0.25, -0.2) is 0 Å². The summed E-state index contributed by atoms with van der Waals surface area (Å²) in [4.78, 5) is 13.4. The van der Waals surface area contributed by atoms with E-state index in [1.54, 1.807) is 13.8 Å². The van der Waals surface area contributed by atoms with Crippen LogP contribution >= 0.6 is 0 Å². The molecule has 3 aliphatic heterocycles. The first-order chi connectivity index (χ1) is 14.4. The number of carbonyl (C=O) groups is 1. The van der Waals surface area contributed by atoms with Crippen LogP contribution in [0.25, 0.3) is 0 Å². The van der Waals surface area contributed by atoms with Crippen molar-refractivity contribution >= 4 is 5.78 Å². The molecule has 0 bridgehead atoms. The third-order valence-corrected chi connectivity index (χ3v) is 5.81. The van der Waals surface area contributed by atoms with Crippen LogP contribution in [-0.4, -0.2) is 48.6 Å². The van der Waals surface area contributed by atoms with Gasteiger partial charge in [0.25, 0.3) is 5.79 Å². The van der Waals surface area contributed by atoms with Gasteiger partial charge in [-0.2, -0.15) is 0 Å². The molecule has 2 aromatic carbocycles. The van der Waals surface area contributed by atoms with Gasteiger partial charge in [0.1, 0.15) is 12.7 Å². The third kappa shape index (κ3) is 3.59. The highest BCUT2D eigenvalue weighted by molar-refractivity contribution is 5.92. The van der Waals surface area contributed by atoms with Crippen LogP contribution in [0.5, 0.6) is 0 Å². The van der Waals surface area contributed by atoms with E-state index in [1.165, 1.54) is 0 Å². The highest BCUT2D eigenvalue weighted by Crippen LogP contribution is 2.43. The smallest absolute Gasteiger partial charge is 0.258 e. The standard InChI is InChI=1S/C24H26O6/c1-22(2)27-16-24(30-22)21(25)20-19(15-26-24)28-23(29-20,13-17-9-5-3-6-10-17)14-18-11-7-4-8-12-18/h3-12,19-20H,13-16H2,1-2H3/t19-,20-,24+/m1/s1. The van der Waals surface area contributed by atoms with Gasteiger partial charge < -0.3 is 23.7 Å². The average Bonchev–Trinajstić information content (AvgIpc) is 3.25. The Labute approximate surface area is 176 Å². The molecule has 6 nitrogen and oxygen atoms in total. The van der Waals surface area contributed by atoms with Gasteiger partial charge in [0.05, 0.1) is 6.61 Å². The number of hydrogen-bond acceptors (Lipinski definition) is 6. The summed E-state index contributed by atoms with van der Waals surface area (Å²) in [5.41, 5.74) is 2.16. The van der Waals surface area contributed by atoms with Crippen LogP contribution in [0.3, 0.4) is 0 Å². The highest BCUT2D eigenvalue weighted by Gasteiger charge is 2.63. The molecule has 0 aliphatic carbocycles. The Morgan fingerprint density at radius 1 is 0.867 bits per heavy atom. The van der Waals surface area contributed by atoms with Crippen LogP contribution in [-0.2, 0) is 41.3 Å². The maximum Gasteiger partial charge on any atom is 0.258 e. The lowest BCUT2D eigenvalue weighted by atomic mass is 9.97. The summed E-state index contributed by atoms with van der Waals surface area (Å²) < 4.78 is 30.2. The Morgan fingerprint density at radius 3 is 2.00 bits per heavy atom. The number of rotatable bonds is 4. The van der Waals surface area contributed by atoms with E-state index in [1.807, 2.05) is 60.7 Å². The summed E-state index contributed by atoms with van der Waals surface area (Å²) in [7, 11) is 0. The molecule has 3 fully saturated rings. The van der Waals surface area contributed by atoms with E-state index in [4.69, 9.17) is 23.7 Å². The topological polar surface area (TPSA) is 63.2 Å². The van der Waals surface area contributed by atoms with Crippen LogP contribution in [0.15, 0.2) is 60.7 Å². The lowest BCUT2D eigenvalue weighted by Gasteiger charge is -2.35. The van der Waals surface area contributed by atoms with Crippen molar-refractivity contribution in [3.8, 4) is 0 Å². The molecule has 0 aromatic heterocycles. The molecule has 158 valence electrons. The van der Waals surface area contributed by atoms with Crippen LogP contribution < -0.4 is 0 Å². The summed E-state index contributed by atoms with van der Waals surface area (Å²) >= 11 is 0. The Kier molecular flexibility index (Phi) is 4.80. The molecule has 3 heterocycles. The molecule has 0 N–H and O–H groups in total. The molecule has 3 saturated heterocycles. The minimum absolute atomic E-state index is 0.0514. The zero-order valence-corrected chi connectivity index (χ0v) is 17.2. The summed E-state index contributed by atoms with van der Waals surface area (Å²) in [6, 6.07) is 20.1. The zero-order valence-electron chi connectivity index (χ0n) is 17.2. The average molecular weight is 410 g/mol. The highest BCUT2D eigenvalue weighted by atomic mass is 16.8. The van der Waals surface area contributed by atoms with E-state index in [2.05, 4.69) is 0 Å². The van der Waals surface area contributed by atoms with E-state index in [9.17, 15) is 4.79 Å². The van der Waals surface area contributed by atoms with Gasteiger partial charge in [-0.15, -0.1) is 0 Å². The molecular weight excluding hydrogens is 384 g/mol. The lowest BCUT2D eigenvalue weighted by molar-refractivity contribution is -0.263. The van der Waals surface area contributed by atoms with E-state index in [0.29, 0.717) is 12.8 Å². The normalized spacial score (nSPS) is 31.7. The largest absolute Gasteiger partial charge is 0.344 e. The minimum Gasteiger partial charge on any atom is -0.344 e. The quantitative estimate of drug-likeness (QED) is 0.772. The number of carbonyl (C=O) groups excluding carboxylic acids is 1. The molecule has 1 spiro atoms. The third-order valence-electron chi connectivity index (χ3n) is 5.81. The first kappa shape index (κ1) is 19.8. The fourth-order valence-corrected chi connectivity index (χ4v) is 4.48. The van der Waals surface area contributed by atoms with Gasteiger partial charge in [0.15, 0.2) is 17.7 Å². The molecule has 0 radical (unpaired) electrons. The van der Waals surface area contributed by atoms with Crippen LogP contribution in [0, 0.1) is 0 Å². The van der Waals surface area contributed by atoms with Crippen molar-refractivity contribution < 1.29 is 28.5 Å². The lowest BCUT2D eigenvalue weighted by Crippen LogP contribution is -2.58. The fraction of sp³-hybridized carbons (Fsp3) is 0.458. The molecule has 0 unspecified atom stereocenters. The number of ketones is 1. The first-order valence-electron chi connectivity index (χ1n) is 10.3. The van der Waals surface area contributed by atoms with Crippen molar-refractivity contribution in [3.05, 3.63) is 71.8 Å². The van der Waals surface area contributed by atoms with Gasteiger partial charge in [-0.1, -0.05) is 60.7 Å². The molecule has 0 saturated carbocycles. The van der Waals surface area contributed by atoms with Crippen LogP contribution in [0.2, 0.25) is 0 Å². The number of hydrogen-bond donors (Lipinski definition) is 0. The molecule has 3 aliphatic rings. The van der Waals surface area contributed by atoms with Crippen molar-refractivity contribution in [3.63, 3.8) is 0 Å². The summed E-state index contributed by atoms with van der Waals surface area (Å²) in [5, 5.41) is 0. The van der Waals surface area contributed by atoms with E-state index < -0.39 is 29.6 Å². The Morgan fingerprint density at radius 2 is 1.47 bits per heavy atom.